The number of carbonyl (C=O) groups excluding carboxylic acids is 1. The molecule has 2 aromatic heterocycles. The molecule has 0 saturated carbocycles. The van der Waals surface area contributed by atoms with Crippen LogP contribution in [0.2, 0.25) is 0 Å². The van der Waals surface area contributed by atoms with Crippen LogP contribution in [0.1, 0.15) is 16.8 Å². The maximum atomic E-state index is 14.0. The number of rotatable bonds is 6. The van der Waals surface area contributed by atoms with Crippen LogP contribution in [0.15, 0.2) is 24.7 Å². The van der Waals surface area contributed by atoms with Gasteiger partial charge in [0.05, 0.1) is 6.20 Å². The zero-order valence-corrected chi connectivity index (χ0v) is 15.4. The molecule has 0 aromatic carbocycles. The number of ether oxygens (including phenoxy) is 1. The highest BCUT2D eigenvalue weighted by Gasteiger charge is 2.28. The molecule has 2 atom stereocenters. The topological polar surface area (TPSA) is 129 Å². The molecular formula is C16H20FN5O4S. The second-order valence-electron chi connectivity index (χ2n) is 6.43. The van der Waals surface area contributed by atoms with Crippen LogP contribution in [0, 0.1) is 0 Å². The van der Waals surface area contributed by atoms with Gasteiger partial charge in [-0.2, -0.15) is 5.10 Å². The smallest absolute Gasteiger partial charge is 0.254 e. The van der Waals surface area contributed by atoms with Crippen molar-refractivity contribution in [3.8, 4) is 17.0 Å². The van der Waals surface area contributed by atoms with Gasteiger partial charge in [-0.3, -0.25) is 9.48 Å². The number of nitrogens with one attached hydrogen (secondary N) is 1. The average molecular weight is 397 g/mol. The third-order valence-electron chi connectivity index (χ3n) is 4.06. The van der Waals surface area contributed by atoms with E-state index < -0.39 is 28.0 Å². The number of piperidine rings is 1. The van der Waals surface area contributed by atoms with Crippen LogP contribution in [-0.4, -0.2) is 60.7 Å². The van der Waals surface area contributed by atoms with Crippen molar-refractivity contribution in [1.29, 1.82) is 0 Å². The second kappa shape index (κ2) is 7.61. The van der Waals surface area contributed by atoms with Gasteiger partial charge >= 0.3 is 0 Å². The maximum Gasteiger partial charge on any atom is 0.254 e. The molecule has 1 saturated heterocycles. The predicted octanol–water partition coefficient (Wildman–Crippen LogP) is 0.125. The second-order valence-corrected chi connectivity index (χ2v) is 8.54. The number of aromatic nitrogens is 3. The van der Waals surface area contributed by atoms with Gasteiger partial charge in [0, 0.05) is 36.3 Å². The van der Waals surface area contributed by atoms with Crippen molar-refractivity contribution in [2.24, 2.45) is 5.73 Å². The summed E-state index contributed by atoms with van der Waals surface area (Å²) in [5.41, 5.74) is 6.52. The summed E-state index contributed by atoms with van der Waals surface area (Å²) in [6.45, 7) is 0.781. The number of sulfone groups is 1. The van der Waals surface area contributed by atoms with Crippen molar-refractivity contribution >= 4 is 15.7 Å². The number of nitrogens with zero attached hydrogens (tertiary/aromatic N) is 3. The van der Waals surface area contributed by atoms with Crippen molar-refractivity contribution < 1.29 is 22.3 Å². The zero-order valence-electron chi connectivity index (χ0n) is 14.6. The van der Waals surface area contributed by atoms with Gasteiger partial charge in [-0.1, -0.05) is 0 Å². The average Bonchev–Trinajstić information content (AvgIpc) is 3.03. The lowest BCUT2D eigenvalue weighted by molar-refractivity contribution is 0.0676. The van der Waals surface area contributed by atoms with Gasteiger partial charge in [-0.15, -0.1) is 0 Å². The van der Waals surface area contributed by atoms with E-state index in [4.69, 9.17) is 10.5 Å². The molecule has 1 aliphatic rings. The minimum absolute atomic E-state index is 0.0223. The molecule has 0 bridgehead atoms. The van der Waals surface area contributed by atoms with Crippen LogP contribution in [-0.2, 0) is 15.7 Å². The van der Waals surface area contributed by atoms with Crippen molar-refractivity contribution in [2.75, 3.05) is 19.3 Å². The van der Waals surface area contributed by atoms with E-state index in [1.54, 1.807) is 0 Å². The van der Waals surface area contributed by atoms with Crippen molar-refractivity contribution in [1.82, 2.24) is 20.1 Å². The van der Waals surface area contributed by atoms with Crippen LogP contribution in [0.25, 0.3) is 11.1 Å². The molecule has 1 aliphatic heterocycles. The van der Waals surface area contributed by atoms with Crippen LogP contribution in [0.4, 0.5) is 4.39 Å². The Morgan fingerprint density at radius 3 is 2.89 bits per heavy atom. The molecule has 27 heavy (non-hydrogen) atoms. The molecule has 0 aliphatic carbocycles. The molecule has 3 heterocycles. The summed E-state index contributed by atoms with van der Waals surface area (Å²) < 4.78 is 43.5. The first-order chi connectivity index (χ1) is 12.7. The fraction of sp³-hybridized carbons (Fsp3) is 0.438. The first-order valence-electron chi connectivity index (χ1n) is 8.25. The summed E-state index contributed by atoms with van der Waals surface area (Å²) in [5.74, 6) is -1.05. The highest BCUT2D eigenvalue weighted by atomic mass is 32.2. The van der Waals surface area contributed by atoms with E-state index in [9.17, 15) is 17.6 Å². The predicted molar refractivity (Wildman–Crippen MR) is 95.6 cm³/mol. The van der Waals surface area contributed by atoms with Gasteiger partial charge in [-0.05, 0) is 19.0 Å². The third kappa shape index (κ3) is 4.80. The number of amides is 1. The number of alkyl halides is 1. The van der Waals surface area contributed by atoms with Crippen molar-refractivity contribution in [3.63, 3.8) is 0 Å². The summed E-state index contributed by atoms with van der Waals surface area (Å²) >= 11 is 0. The minimum atomic E-state index is -3.25. The van der Waals surface area contributed by atoms with Crippen molar-refractivity contribution in [3.05, 3.63) is 30.2 Å². The van der Waals surface area contributed by atoms with Crippen molar-refractivity contribution in [2.45, 2.75) is 24.6 Å². The van der Waals surface area contributed by atoms with E-state index in [-0.39, 0.29) is 23.9 Å². The highest BCUT2D eigenvalue weighted by molar-refractivity contribution is 7.89. The number of carbonyl (C=O) groups is 1. The summed E-state index contributed by atoms with van der Waals surface area (Å²) in [6.07, 6.45) is 4.05. The standard InChI is InChI=1S/C16H20FN5O4S/c1-27(24,25)9-22-8-11(6-21-22)10-4-12(15(18)23)16(20-5-10)26-14-2-3-19-7-13(14)17/h4-6,8,13-14,19H,2-3,7,9H2,1H3,(H2,18,23)/t13-,14-/m0/s1. The quantitative estimate of drug-likeness (QED) is 0.708. The van der Waals surface area contributed by atoms with E-state index in [0.29, 0.717) is 24.1 Å². The van der Waals surface area contributed by atoms with Gasteiger partial charge < -0.3 is 15.8 Å². The molecule has 1 fully saturated rings. The third-order valence-corrected chi connectivity index (χ3v) is 4.79. The van der Waals surface area contributed by atoms with Gasteiger partial charge in [0.2, 0.25) is 5.88 Å². The first kappa shape index (κ1) is 19.2. The monoisotopic (exact) mass is 397 g/mol. The molecule has 0 unspecified atom stereocenters. The van der Waals surface area contributed by atoms with E-state index in [1.165, 1.54) is 29.3 Å². The molecule has 0 spiro atoms. The fourth-order valence-electron chi connectivity index (χ4n) is 2.78. The summed E-state index contributed by atoms with van der Waals surface area (Å²) in [6, 6.07) is 1.47. The maximum absolute atomic E-state index is 14.0. The summed E-state index contributed by atoms with van der Waals surface area (Å²) in [7, 11) is -3.25. The molecular weight excluding hydrogens is 377 g/mol. The lowest BCUT2D eigenvalue weighted by atomic mass is 10.1. The SMILES string of the molecule is CS(=O)(=O)Cn1cc(-c2cnc(O[C@H]3CCNC[C@@H]3F)c(C(N)=O)c2)cn1. The largest absolute Gasteiger partial charge is 0.471 e. The number of nitrogens with two attached hydrogens (primary N) is 1. The van der Waals surface area contributed by atoms with Crippen LogP contribution in [0.5, 0.6) is 5.88 Å². The molecule has 0 radical (unpaired) electrons. The Morgan fingerprint density at radius 2 is 2.22 bits per heavy atom. The Balaban J connectivity index is 1.86. The van der Waals surface area contributed by atoms with Crippen LogP contribution < -0.4 is 15.8 Å². The summed E-state index contributed by atoms with van der Waals surface area (Å²) in [5, 5.41) is 6.90. The van der Waals surface area contributed by atoms with Gasteiger partial charge in [0.1, 0.15) is 23.7 Å². The number of halogens is 1. The molecule has 9 nitrogen and oxygen atoms in total. The van der Waals surface area contributed by atoms with Gasteiger partial charge in [0.25, 0.3) is 5.91 Å². The lowest BCUT2D eigenvalue weighted by Gasteiger charge is -2.27. The zero-order chi connectivity index (χ0) is 19.6. The first-order valence-corrected chi connectivity index (χ1v) is 10.3. The van der Waals surface area contributed by atoms with E-state index in [1.807, 2.05) is 0 Å². The van der Waals surface area contributed by atoms with Gasteiger partial charge in [-0.25, -0.2) is 17.8 Å². The molecule has 3 rings (SSSR count). The molecule has 3 N–H and O–H groups in total. The number of hydrogen-bond donors (Lipinski definition) is 2. The van der Waals surface area contributed by atoms with Crippen LogP contribution >= 0.6 is 0 Å². The molecule has 146 valence electrons. The molecule has 2 aromatic rings. The number of primary amides is 1. The Labute approximate surface area is 155 Å². The van der Waals surface area contributed by atoms with E-state index >= 15 is 0 Å². The number of pyridine rings is 1. The Kier molecular flexibility index (Phi) is 5.42. The van der Waals surface area contributed by atoms with E-state index in [2.05, 4.69) is 15.4 Å². The highest BCUT2D eigenvalue weighted by Crippen LogP contribution is 2.26. The fourth-order valence-corrected chi connectivity index (χ4v) is 3.40. The van der Waals surface area contributed by atoms with Gasteiger partial charge in [0.15, 0.2) is 9.84 Å². The molecule has 11 heteroatoms. The van der Waals surface area contributed by atoms with Crippen LogP contribution in [0.3, 0.4) is 0 Å². The number of hydrogen-bond acceptors (Lipinski definition) is 7. The Bertz CT molecular complexity index is 946. The lowest BCUT2D eigenvalue weighted by Crippen LogP contribution is -2.44. The molecule has 1 amide bonds. The van der Waals surface area contributed by atoms with E-state index in [0.717, 1.165) is 6.26 Å². The Morgan fingerprint density at radius 1 is 1.44 bits per heavy atom. The Hall–Kier alpha value is -2.53. The minimum Gasteiger partial charge on any atom is -0.471 e. The summed E-state index contributed by atoms with van der Waals surface area (Å²) in [4.78, 5) is 15.9. The normalized spacial score (nSPS) is 20.4.